The highest BCUT2D eigenvalue weighted by molar-refractivity contribution is 6.39. The van der Waals surface area contributed by atoms with Crippen LogP contribution in [0.15, 0.2) is 82.7 Å². The molecule has 640 valence electrons. The number of esters is 1. The van der Waals surface area contributed by atoms with E-state index >= 15 is 0 Å². The number of carbonyl (C=O) groups is 6. The Hall–Kier alpha value is -8.16. The first kappa shape index (κ1) is 91.7. The number of fused-ring (bicyclic) bond motifs is 5. The van der Waals surface area contributed by atoms with Crippen LogP contribution in [0.2, 0.25) is 0 Å². The van der Waals surface area contributed by atoms with E-state index in [1.54, 1.807) is 81.6 Å². The third kappa shape index (κ3) is 25.9. The van der Waals surface area contributed by atoms with Crippen molar-refractivity contribution >= 4 is 69.1 Å². The number of aromatic nitrogens is 8. The maximum atomic E-state index is 14.8. The first-order valence-corrected chi connectivity index (χ1v) is 40.8. The van der Waals surface area contributed by atoms with E-state index in [1.807, 2.05) is 44.2 Å². The summed E-state index contributed by atoms with van der Waals surface area (Å²) in [5.74, 6) is -11.2. The molecule has 33 nitrogen and oxygen atoms in total. The first-order chi connectivity index (χ1) is 55.7. The Bertz CT molecular complexity index is 4140. The molecular formula is C83H122N12O21. The van der Waals surface area contributed by atoms with Crippen LogP contribution in [0.1, 0.15) is 150 Å². The van der Waals surface area contributed by atoms with Crippen LogP contribution in [0, 0.1) is 35.5 Å². The van der Waals surface area contributed by atoms with Gasteiger partial charge in [-0.25, -0.2) is 24.1 Å². The van der Waals surface area contributed by atoms with Crippen molar-refractivity contribution in [3.63, 3.8) is 0 Å². The van der Waals surface area contributed by atoms with E-state index in [-0.39, 0.29) is 112 Å². The fourth-order valence-electron chi connectivity index (χ4n) is 15.5. The van der Waals surface area contributed by atoms with Crippen LogP contribution in [-0.2, 0) is 101 Å². The molecule has 4 aliphatic rings. The number of carbonyl (C=O) groups excluding carboxylic acids is 6. The van der Waals surface area contributed by atoms with E-state index in [0.717, 1.165) is 29.7 Å². The highest BCUT2D eigenvalue weighted by Gasteiger charge is 2.57. The average molecular weight is 1620 g/mol. The van der Waals surface area contributed by atoms with Crippen LogP contribution in [0.4, 0.5) is 11.8 Å². The number of cyclic esters (lactones) is 1. The topological polar surface area (TPSA) is 432 Å². The third-order valence-corrected chi connectivity index (χ3v) is 22.3. The van der Waals surface area contributed by atoms with Gasteiger partial charge in [0.05, 0.1) is 109 Å². The summed E-state index contributed by atoms with van der Waals surface area (Å²) in [5.41, 5.74) is 16.9. The number of amides is 2. The lowest BCUT2D eigenvalue weighted by molar-refractivity contribution is -0.360. The normalized spacial score (nSPS) is 28.6. The van der Waals surface area contributed by atoms with Crippen molar-refractivity contribution in [2.45, 2.75) is 219 Å². The predicted molar refractivity (Wildman–Crippen MR) is 427 cm³/mol. The van der Waals surface area contributed by atoms with Gasteiger partial charge in [-0.15, -0.1) is 5.10 Å². The highest BCUT2D eigenvalue weighted by Crippen LogP contribution is 2.42. The predicted octanol–water partition coefficient (Wildman–Crippen LogP) is 7.50. The number of aryl methyl sites for hydroxylation is 1. The number of nitrogens with two attached hydrogens (primary N) is 2. The molecule has 4 aromatic heterocycles. The second-order valence-electron chi connectivity index (χ2n) is 31.2. The van der Waals surface area contributed by atoms with Crippen molar-refractivity contribution in [2.24, 2.45) is 35.5 Å². The molecule has 8 N–H and O–H groups in total. The van der Waals surface area contributed by atoms with E-state index in [1.165, 1.54) is 20.5 Å². The molecule has 1 aromatic carbocycles. The SMILES string of the molecule is CO[C@H]1C[C@]2(O)CC[C@@H](C)[C@@](O)(O2)C(=O)C(=O)N2CCCC[C@H]2C(=O)O[C@H]([C@H](C)C[C@@H]2CC[C@@H](OCCOCc3cn(CCOCCOCCOCCOCCC(=O)NCCCCn4nc(-c5ccc6oc(N)nc6c5)c5c(N)ncnc54)nn3)[C@H](OC)C2)CC(=O)[C@H](C)/C=C(\C)[C@@H](O)[C@@H](OC)C(=O)[C@H](C)C[C@H](C)/C=C/C=C/C=C/1C. The largest absolute Gasteiger partial charge is 0.460 e. The van der Waals surface area contributed by atoms with Gasteiger partial charge in [0.25, 0.3) is 17.7 Å². The van der Waals surface area contributed by atoms with Gasteiger partial charge in [-0.1, -0.05) is 76.3 Å². The number of methoxy groups -OCH3 is 3. The van der Waals surface area contributed by atoms with Crippen molar-refractivity contribution in [1.29, 1.82) is 0 Å². The molecule has 33 heteroatoms. The van der Waals surface area contributed by atoms with Gasteiger partial charge in [0.2, 0.25) is 11.7 Å². The molecule has 116 heavy (non-hydrogen) atoms. The number of anilines is 2. The molecule has 9 rings (SSSR count). The highest BCUT2D eigenvalue weighted by atomic mass is 16.7. The number of hydrogen-bond acceptors (Lipinski definition) is 29. The zero-order chi connectivity index (χ0) is 83.5. The summed E-state index contributed by atoms with van der Waals surface area (Å²) in [6.07, 6.45) is 14.6. The average Bonchev–Trinajstić information content (AvgIpc) is 1.52. The van der Waals surface area contributed by atoms with Crippen LogP contribution in [0.25, 0.3) is 33.4 Å². The van der Waals surface area contributed by atoms with E-state index in [2.05, 4.69) is 30.6 Å². The lowest BCUT2D eigenvalue weighted by Gasteiger charge is -2.46. The number of benzene rings is 1. The van der Waals surface area contributed by atoms with Crippen LogP contribution >= 0.6 is 0 Å². The Balaban J connectivity index is 0.665. The van der Waals surface area contributed by atoms with Crippen molar-refractivity contribution in [3.05, 3.63) is 84.0 Å². The Morgan fingerprint density at radius 1 is 0.802 bits per heavy atom. The monoisotopic (exact) mass is 1620 g/mol. The number of piperidine rings is 1. The minimum absolute atomic E-state index is 0.00907. The number of rotatable bonds is 33. The smallest absolute Gasteiger partial charge is 0.329 e. The fourth-order valence-corrected chi connectivity index (χ4v) is 15.5. The van der Waals surface area contributed by atoms with Gasteiger partial charge < -0.3 is 93.5 Å². The van der Waals surface area contributed by atoms with Crippen LogP contribution in [0.5, 0.6) is 0 Å². The number of hydrogen-bond donors (Lipinski definition) is 6. The number of oxazole rings is 1. The van der Waals surface area contributed by atoms with Gasteiger partial charge >= 0.3 is 5.97 Å². The second kappa shape index (κ2) is 45.1. The summed E-state index contributed by atoms with van der Waals surface area (Å²) < 4.78 is 73.6. The maximum Gasteiger partial charge on any atom is 0.329 e. The molecule has 2 bridgehead atoms. The second-order valence-corrected chi connectivity index (χ2v) is 31.2. The number of aliphatic hydroxyl groups is 3. The molecule has 7 heterocycles. The number of nitrogens with zero attached hydrogens (tertiary/aromatic N) is 9. The summed E-state index contributed by atoms with van der Waals surface area (Å²) in [5, 5.41) is 52.6. The number of ether oxygens (including phenoxy) is 11. The molecule has 2 amide bonds. The minimum Gasteiger partial charge on any atom is -0.460 e. The van der Waals surface area contributed by atoms with E-state index in [0.29, 0.717) is 161 Å². The van der Waals surface area contributed by atoms with E-state index in [9.17, 15) is 44.1 Å². The molecule has 3 fully saturated rings. The van der Waals surface area contributed by atoms with Gasteiger partial charge in [0, 0.05) is 90.0 Å². The Morgan fingerprint density at radius 3 is 2.28 bits per heavy atom. The number of unbranched alkanes of at least 4 members (excludes halogenated alkanes) is 1. The first-order valence-electron chi connectivity index (χ1n) is 40.8. The minimum atomic E-state index is -2.76. The van der Waals surface area contributed by atoms with Crippen molar-refractivity contribution in [1.82, 2.24) is 49.9 Å². The lowest BCUT2D eigenvalue weighted by Crippen LogP contribution is -2.63. The van der Waals surface area contributed by atoms with Gasteiger partial charge in [-0.3, -0.25) is 24.0 Å². The van der Waals surface area contributed by atoms with Crippen molar-refractivity contribution in [2.75, 3.05) is 112 Å². The van der Waals surface area contributed by atoms with Gasteiger partial charge in [-0.05, 0) is 132 Å². The molecule has 1 saturated carbocycles. The molecule has 0 spiro atoms. The van der Waals surface area contributed by atoms with Crippen LogP contribution < -0.4 is 16.8 Å². The van der Waals surface area contributed by atoms with Crippen LogP contribution in [0.3, 0.4) is 0 Å². The summed E-state index contributed by atoms with van der Waals surface area (Å²) >= 11 is 0. The van der Waals surface area contributed by atoms with Crippen molar-refractivity contribution in [3.8, 4) is 11.3 Å². The summed E-state index contributed by atoms with van der Waals surface area (Å²) in [6.45, 7) is 17.6. The standard InChI is InChI=1S/C83H122N12O21/c1-52-18-12-11-13-19-53(2)69(106-9)48-82(103)27-25-58(7)83(104,116-82)76(100)79(101)94-29-16-14-20-63(94)80(102)114-67(47-64(96)54(3)43-57(6)74(99)75(107-10)73(98)56(5)42-52)55(4)44-59-21-23-66(68(45-59)105-8)113-41-40-112-50-61-49-93(92-90-61)31-33-109-35-37-111-39-38-110-36-34-108-32-26-70(97)86-28-15-17-30-95-78-71(77(84)87-51-88-78)72(91-95)60-22-24-65-62(46-60)89-81(85)115-65/h11-13,18-19,22,24,43,46,49,51-52,54-56,58-59,63,66-69,74-75,99,103-104H,14-17,20-21,23,25-42,44-45,47-48,50H2,1-10H3,(H2,85,89)(H,86,97)(H2,84,87,88)/b13-11+,18-12+,53-19+,57-43+/t52-,54-,55-,56-,58-,59+,63+,66-,67+,68-,69+,74-,75+,82+,83-/m1/s1. The van der Waals surface area contributed by atoms with Gasteiger partial charge in [0.1, 0.15) is 59.2 Å². The number of Topliss-reactive ketones (excluding diaryl/α,β-unsaturated/α-hetero) is 3. The molecular weight excluding hydrogens is 1500 g/mol. The zero-order valence-electron chi connectivity index (χ0n) is 68.9. The third-order valence-electron chi connectivity index (χ3n) is 22.3. The van der Waals surface area contributed by atoms with Crippen LogP contribution in [-0.4, -0.2) is 250 Å². The Morgan fingerprint density at radius 2 is 1.54 bits per heavy atom. The summed E-state index contributed by atoms with van der Waals surface area (Å²) in [7, 11) is 4.47. The van der Waals surface area contributed by atoms with E-state index < -0.39 is 83.4 Å². The quantitative estimate of drug-likeness (QED) is 0.0102. The molecule has 5 aromatic rings. The molecule has 3 aliphatic heterocycles. The van der Waals surface area contributed by atoms with E-state index in [4.69, 9.17) is 73.1 Å². The number of allylic oxidation sites excluding steroid dienone is 6. The molecule has 1 aliphatic carbocycles. The lowest BCUT2D eigenvalue weighted by atomic mass is 9.78. The summed E-state index contributed by atoms with van der Waals surface area (Å²) in [6, 6.07) is 4.30. The fraction of sp³-hybridized carbons (Fsp3) is 0.663. The molecule has 15 atom stereocenters. The zero-order valence-corrected chi connectivity index (χ0v) is 68.9. The summed E-state index contributed by atoms with van der Waals surface area (Å²) in [4.78, 5) is 98.7. The van der Waals surface area contributed by atoms with Crippen molar-refractivity contribution < 1.29 is 101 Å². The molecule has 2 saturated heterocycles. The number of ketones is 3. The number of nitrogen functional groups attached to an aromatic ring is 2. The van der Waals surface area contributed by atoms with Gasteiger partial charge in [-0.2, -0.15) is 10.1 Å². The number of nitrogens with one attached hydrogen (secondary N) is 1. The maximum absolute atomic E-state index is 14.8. The number of aliphatic hydroxyl groups excluding tert-OH is 1. The molecule has 0 radical (unpaired) electrons. The Kier molecular flexibility index (Phi) is 35.7. The Labute approximate surface area is 678 Å². The van der Waals surface area contributed by atoms with Gasteiger partial charge in [0.15, 0.2) is 22.8 Å². The molecule has 0 unspecified atom stereocenters.